The van der Waals surface area contributed by atoms with Crippen molar-refractivity contribution in [1.29, 1.82) is 0 Å². The van der Waals surface area contributed by atoms with Gasteiger partial charge < -0.3 is 0 Å². The number of amides is 2. The third-order valence-corrected chi connectivity index (χ3v) is 5.06. The number of carbonyl (C=O) groups is 2. The van der Waals surface area contributed by atoms with Gasteiger partial charge in [-0.25, -0.2) is 0 Å². The lowest BCUT2D eigenvalue weighted by atomic mass is 10.0. The zero-order valence-corrected chi connectivity index (χ0v) is 14.2. The van der Waals surface area contributed by atoms with E-state index in [2.05, 4.69) is 15.3 Å². The third kappa shape index (κ3) is 3.31. The summed E-state index contributed by atoms with van der Waals surface area (Å²) in [6.45, 7) is 4.31. The Kier molecular flexibility index (Phi) is 4.25. The fourth-order valence-corrected chi connectivity index (χ4v) is 3.47. The highest BCUT2D eigenvalue weighted by atomic mass is 32.1. The summed E-state index contributed by atoms with van der Waals surface area (Å²) in [5.41, 5.74) is 0.971. The van der Waals surface area contributed by atoms with Crippen LogP contribution in [-0.2, 0) is 29.6 Å². The molecule has 8 heteroatoms. The fourth-order valence-electron chi connectivity index (χ4n) is 2.64. The maximum Gasteiger partial charge on any atom is 0.233 e. The van der Waals surface area contributed by atoms with Crippen LogP contribution in [0.4, 0.5) is 0 Å². The first-order valence-electron chi connectivity index (χ1n) is 7.58. The van der Waals surface area contributed by atoms with Gasteiger partial charge in [-0.05, 0) is 12.0 Å². The number of nitrogens with zero attached hydrogens (tertiary/aromatic N) is 5. The topological polar surface area (TPSA) is 81.0 Å². The van der Waals surface area contributed by atoms with Gasteiger partial charge in [0.2, 0.25) is 11.8 Å². The zero-order chi connectivity index (χ0) is 16.6. The van der Waals surface area contributed by atoms with Crippen molar-refractivity contribution in [3.63, 3.8) is 0 Å². The quantitative estimate of drug-likeness (QED) is 0.775. The van der Waals surface area contributed by atoms with Crippen molar-refractivity contribution < 1.29 is 9.59 Å². The average molecular weight is 333 g/mol. The van der Waals surface area contributed by atoms with Gasteiger partial charge in [-0.3, -0.25) is 19.2 Å². The Morgan fingerprint density at radius 2 is 2.13 bits per heavy atom. The molecule has 7 nitrogen and oxygen atoms in total. The number of hydrogen-bond donors (Lipinski definition) is 0. The molecule has 122 valence electrons. The normalized spacial score (nSPS) is 18.4. The van der Waals surface area contributed by atoms with E-state index in [-0.39, 0.29) is 30.7 Å². The summed E-state index contributed by atoms with van der Waals surface area (Å²) in [6.07, 6.45) is 4.41. The van der Waals surface area contributed by atoms with E-state index in [0.717, 1.165) is 10.6 Å². The molecule has 0 radical (unpaired) electrons. The Morgan fingerprint density at radius 1 is 1.35 bits per heavy atom. The van der Waals surface area contributed by atoms with E-state index in [9.17, 15) is 9.59 Å². The van der Waals surface area contributed by atoms with E-state index in [1.54, 1.807) is 10.9 Å². The molecule has 0 bridgehead atoms. The summed E-state index contributed by atoms with van der Waals surface area (Å²) in [6, 6.07) is 0. The van der Waals surface area contributed by atoms with Gasteiger partial charge in [0.05, 0.1) is 18.7 Å². The number of aryl methyl sites for hydroxylation is 1. The summed E-state index contributed by atoms with van der Waals surface area (Å²) in [4.78, 5) is 26.0. The molecule has 0 N–H and O–H groups in total. The Bertz CT molecular complexity index is 736. The lowest BCUT2D eigenvalue weighted by Crippen LogP contribution is -2.30. The van der Waals surface area contributed by atoms with Gasteiger partial charge in [0.25, 0.3) is 0 Å². The Balaban J connectivity index is 1.68. The van der Waals surface area contributed by atoms with Crippen molar-refractivity contribution in [2.45, 2.75) is 39.2 Å². The second-order valence-electron chi connectivity index (χ2n) is 6.13. The Hall–Kier alpha value is -2.09. The minimum absolute atomic E-state index is 0.125. The third-order valence-electron chi connectivity index (χ3n) is 3.85. The minimum atomic E-state index is -0.302. The van der Waals surface area contributed by atoms with Crippen LogP contribution in [-0.4, -0.2) is 36.7 Å². The molecule has 0 spiro atoms. The molecule has 1 aliphatic heterocycles. The van der Waals surface area contributed by atoms with Crippen LogP contribution in [0.15, 0.2) is 12.4 Å². The number of imide groups is 1. The summed E-state index contributed by atoms with van der Waals surface area (Å²) >= 11 is 1.46. The molecule has 0 aliphatic carbocycles. The molecule has 3 rings (SSSR count). The SMILES string of the molecule is CC(C)c1nnc(CN2C(=O)CC(Cc3cnn(C)c3)C2=O)s1. The van der Waals surface area contributed by atoms with Crippen molar-refractivity contribution in [3.8, 4) is 0 Å². The molecule has 1 saturated heterocycles. The van der Waals surface area contributed by atoms with Crippen LogP contribution < -0.4 is 0 Å². The molecule has 2 aromatic rings. The predicted molar refractivity (Wildman–Crippen MR) is 84.6 cm³/mol. The smallest absolute Gasteiger partial charge is 0.233 e. The molecule has 1 atom stereocenters. The van der Waals surface area contributed by atoms with Gasteiger partial charge >= 0.3 is 0 Å². The first kappa shape index (κ1) is 15.8. The number of rotatable bonds is 5. The standard InChI is InChI=1S/C15H19N5O2S/c1-9(2)14-18-17-12(23-14)8-20-13(21)5-11(15(20)22)4-10-6-16-19(3)7-10/h6-7,9,11H,4-5,8H2,1-3H3. The summed E-state index contributed by atoms with van der Waals surface area (Å²) in [7, 11) is 1.83. The van der Waals surface area contributed by atoms with Crippen molar-refractivity contribution in [3.05, 3.63) is 28.0 Å². The first-order valence-corrected chi connectivity index (χ1v) is 8.39. The Labute approximate surface area is 138 Å². The van der Waals surface area contributed by atoms with Crippen molar-refractivity contribution in [2.24, 2.45) is 13.0 Å². The molecular weight excluding hydrogens is 314 g/mol. The molecule has 2 amide bonds. The molecule has 0 saturated carbocycles. The van der Waals surface area contributed by atoms with Crippen LogP contribution in [0.25, 0.3) is 0 Å². The number of hydrogen-bond acceptors (Lipinski definition) is 6. The van der Waals surface area contributed by atoms with E-state index in [1.807, 2.05) is 27.1 Å². The highest BCUT2D eigenvalue weighted by Crippen LogP contribution is 2.27. The van der Waals surface area contributed by atoms with Crippen LogP contribution in [0.3, 0.4) is 0 Å². The number of carbonyl (C=O) groups excluding carboxylic acids is 2. The molecule has 1 unspecified atom stereocenters. The molecule has 2 aromatic heterocycles. The number of likely N-dealkylation sites (tertiary alicyclic amines) is 1. The van der Waals surface area contributed by atoms with Gasteiger partial charge in [0.15, 0.2) is 0 Å². The number of aromatic nitrogens is 4. The molecule has 0 aromatic carbocycles. The van der Waals surface area contributed by atoms with Gasteiger partial charge in [0, 0.05) is 25.6 Å². The highest BCUT2D eigenvalue weighted by molar-refractivity contribution is 7.11. The average Bonchev–Trinajstić information content (AvgIpc) is 3.17. The Morgan fingerprint density at radius 3 is 2.74 bits per heavy atom. The van der Waals surface area contributed by atoms with E-state index in [4.69, 9.17) is 0 Å². The molecule has 23 heavy (non-hydrogen) atoms. The van der Waals surface area contributed by atoms with Crippen LogP contribution in [0.1, 0.15) is 41.8 Å². The minimum Gasteiger partial charge on any atom is -0.276 e. The van der Waals surface area contributed by atoms with E-state index in [1.165, 1.54) is 16.2 Å². The first-order chi connectivity index (χ1) is 10.9. The second kappa shape index (κ2) is 6.19. The lowest BCUT2D eigenvalue weighted by molar-refractivity contribution is -0.140. The van der Waals surface area contributed by atoms with Gasteiger partial charge in [-0.15, -0.1) is 10.2 Å². The maximum absolute atomic E-state index is 12.5. The van der Waals surface area contributed by atoms with Crippen molar-refractivity contribution in [1.82, 2.24) is 24.9 Å². The van der Waals surface area contributed by atoms with Gasteiger partial charge in [-0.1, -0.05) is 25.2 Å². The van der Waals surface area contributed by atoms with Crippen molar-refractivity contribution >= 4 is 23.2 Å². The summed E-state index contributed by atoms with van der Waals surface area (Å²) < 4.78 is 1.70. The van der Waals surface area contributed by atoms with Crippen LogP contribution in [0.2, 0.25) is 0 Å². The van der Waals surface area contributed by atoms with Crippen LogP contribution in [0, 0.1) is 5.92 Å². The van der Waals surface area contributed by atoms with Gasteiger partial charge in [-0.2, -0.15) is 5.10 Å². The second-order valence-corrected chi connectivity index (χ2v) is 7.23. The predicted octanol–water partition coefficient (Wildman–Crippen LogP) is 1.51. The van der Waals surface area contributed by atoms with E-state index >= 15 is 0 Å². The van der Waals surface area contributed by atoms with E-state index in [0.29, 0.717) is 17.3 Å². The van der Waals surface area contributed by atoms with Gasteiger partial charge in [0.1, 0.15) is 10.0 Å². The van der Waals surface area contributed by atoms with E-state index < -0.39 is 0 Å². The fraction of sp³-hybridized carbons (Fsp3) is 0.533. The summed E-state index contributed by atoms with van der Waals surface area (Å²) in [5, 5.41) is 13.9. The van der Waals surface area contributed by atoms with Crippen LogP contribution in [0.5, 0.6) is 0 Å². The molecular formula is C15H19N5O2S. The maximum atomic E-state index is 12.5. The monoisotopic (exact) mass is 333 g/mol. The zero-order valence-electron chi connectivity index (χ0n) is 13.4. The largest absolute Gasteiger partial charge is 0.276 e. The summed E-state index contributed by atoms with van der Waals surface area (Å²) in [5.74, 6) is -0.265. The molecule has 3 heterocycles. The van der Waals surface area contributed by atoms with Crippen molar-refractivity contribution in [2.75, 3.05) is 0 Å². The lowest BCUT2D eigenvalue weighted by Gasteiger charge is -2.12. The highest BCUT2D eigenvalue weighted by Gasteiger charge is 2.39. The van der Waals surface area contributed by atoms with Crippen LogP contribution >= 0.6 is 11.3 Å². The molecule has 1 aliphatic rings. The molecule has 1 fully saturated rings.